The van der Waals surface area contributed by atoms with E-state index in [1.165, 1.54) is 19.6 Å². The van der Waals surface area contributed by atoms with Gasteiger partial charge in [0.2, 0.25) is 0 Å². The van der Waals surface area contributed by atoms with Gasteiger partial charge in [-0.05, 0) is 12.8 Å². The Kier molecular flexibility index (Phi) is 5.24. The third-order valence-electron chi connectivity index (χ3n) is 4.66. The minimum Gasteiger partial charge on any atom is -0.367 e. The van der Waals surface area contributed by atoms with Crippen molar-refractivity contribution in [3.8, 4) is 0 Å². The quantitative estimate of drug-likeness (QED) is 0.752. The predicted molar refractivity (Wildman–Crippen MR) is 101 cm³/mol. The second-order valence-corrected chi connectivity index (χ2v) is 6.74. The highest BCUT2D eigenvalue weighted by atomic mass is 16.2. The highest BCUT2D eigenvalue weighted by molar-refractivity contribution is 5.93. The second-order valence-electron chi connectivity index (χ2n) is 6.74. The topological polar surface area (TPSA) is 116 Å². The van der Waals surface area contributed by atoms with Crippen LogP contribution >= 0.6 is 0 Å². The number of hydrogen-bond acceptors (Lipinski definition) is 7. The number of hydrogen-bond donors (Lipinski definition) is 2. The van der Waals surface area contributed by atoms with Gasteiger partial charge >= 0.3 is 5.69 Å². The summed E-state index contributed by atoms with van der Waals surface area (Å²) in [5, 5.41) is 3.37. The number of aromatic nitrogens is 4. The molecule has 2 aromatic rings. The van der Waals surface area contributed by atoms with E-state index in [2.05, 4.69) is 20.3 Å². The highest BCUT2D eigenvalue weighted by Gasteiger charge is 2.26. The van der Waals surface area contributed by atoms with Crippen LogP contribution in [0.15, 0.2) is 28.2 Å². The lowest BCUT2D eigenvalue weighted by Gasteiger charge is -2.32. The van der Waals surface area contributed by atoms with Crippen LogP contribution in [0.1, 0.15) is 23.2 Å². The number of likely N-dealkylation sites (tertiary alicyclic amines) is 1. The van der Waals surface area contributed by atoms with Crippen LogP contribution in [0.25, 0.3) is 0 Å². The summed E-state index contributed by atoms with van der Waals surface area (Å²) in [4.78, 5) is 50.6. The third kappa shape index (κ3) is 3.99. The molecular formula is C17H23N7O3. The Balaban J connectivity index is 1.63. The molecule has 0 radical (unpaired) electrons. The fraction of sp³-hybridized carbons (Fsp3) is 0.471. The molecule has 0 saturated carbocycles. The molecule has 1 fully saturated rings. The van der Waals surface area contributed by atoms with Crippen molar-refractivity contribution in [3.05, 3.63) is 45.0 Å². The normalized spacial score (nSPS) is 14.9. The van der Waals surface area contributed by atoms with Gasteiger partial charge in [-0.1, -0.05) is 0 Å². The maximum Gasteiger partial charge on any atom is 0.328 e. The van der Waals surface area contributed by atoms with Crippen LogP contribution in [0.5, 0.6) is 0 Å². The molecule has 3 heterocycles. The molecule has 0 spiro atoms. The number of nitrogens with one attached hydrogen (secondary N) is 2. The molecule has 1 amide bonds. The van der Waals surface area contributed by atoms with Crippen molar-refractivity contribution in [1.82, 2.24) is 24.4 Å². The van der Waals surface area contributed by atoms with Crippen LogP contribution in [-0.4, -0.2) is 63.6 Å². The van der Waals surface area contributed by atoms with E-state index in [0.29, 0.717) is 13.1 Å². The molecule has 10 heteroatoms. The van der Waals surface area contributed by atoms with Crippen LogP contribution in [0, 0.1) is 0 Å². The Morgan fingerprint density at radius 1 is 1.26 bits per heavy atom. The summed E-state index contributed by atoms with van der Waals surface area (Å²) in [7, 11) is 5.17. The first-order valence-electron chi connectivity index (χ1n) is 8.70. The predicted octanol–water partition coefficient (Wildman–Crippen LogP) is -0.354. The molecule has 0 bridgehead atoms. The van der Waals surface area contributed by atoms with E-state index < -0.39 is 11.2 Å². The van der Waals surface area contributed by atoms with E-state index in [-0.39, 0.29) is 17.5 Å². The molecule has 1 aliphatic heterocycles. The van der Waals surface area contributed by atoms with Crippen molar-refractivity contribution < 1.29 is 4.79 Å². The average Bonchev–Trinajstić information content (AvgIpc) is 2.66. The number of carbonyl (C=O) groups excluding carboxylic acids is 1. The lowest BCUT2D eigenvalue weighted by atomic mass is 10.0. The molecule has 0 atom stereocenters. The van der Waals surface area contributed by atoms with Gasteiger partial charge in [0.25, 0.3) is 11.5 Å². The Morgan fingerprint density at radius 2 is 1.96 bits per heavy atom. The number of H-pyrrole nitrogens is 1. The molecule has 3 rings (SSSR count). The Morgan fingerprint density at radius 3 is 2.63 bits per heavy atom. The number of carbonyl (C=O) groups is 1. The smallest absolute Gasteiger partial charge is 0.328 e. The van der Waals surface area contributed by atoms with Gasteiger partial charge in [0.05, 0.1) is 0 Å². The molecular weight excluding hydrogens is 350 g/mol. The van der Waals surface area contributed by atoms with Gasteiger partial charge in [-0.2, -0.15) is 0 Å². The molecule has 2 N–H and O–H groups in total. The lowest BCUT2D eigenvalue weighted by molar-refractivity contribution is 0.0715. The molecule has 0 aliphatic carbocycles. The SMILES string of the molecule is CN(C)c1cc(NC2CCN(C(=O)c3c[nH]c(=O)n(C)c3=O)CC2)ncn1. The van der Waals surface area contributed by atoms with E-state index in [4.69, 9.17) is 0 Å². The lowest BCUT2D eigenvalue weighted by Crippen LogP contribution is -2.45. The molecule has 144 valence electrons. The minimum absolute atomic E-state index is 0.0186. The number of aromatic amines is 1. The monoisotopic (exact) mass is 373 g/mol. The zero-order valence-electron chi connectivity index (χ0n) is 15.6. The number of amides is 1. The Bertz CT molecular complexity index is 942. The van der Waals surface area contributed by atoms with Gasteiger partial charge < -0.3 is 20.1 Å². The summed E-state index contributed by atoms with van der Waals surface area (Å²) >= 11 is 0. The molecule has 2 aromatic heterocycles. The van der Waals surface area contributed by atoms with Crippen molar-refractivity contribution in [1.29, 1.82) is 0 Å². The fourth-order valence-corrected chi connectivity index (χ4v) is 3.00. The van der Waals surface area contributed by atoms with Gasteiger partial charge in [0.1, 0.15) is 23.5 Å². The Hall–Kier alpha value is -3.17. The van der Waals surface area contributed by atoms with E-state index in [0.717, 1.165) is 29.0 Å². The molecule has 27 heavy (non-hydrogen) atoms. The van der Waals surface area contributed by atoms with E-state index in [9.17, 15) is 14.4 Å². The van der Waals surface area contributed by atoms with Crippen molar-refractivity contribution in [3.63, 3.8) is 0 Å². The maximum atomic E-state index is 12.6. The average molecular weight is 373 g/mol. The maximum absolute atomic E-state index is 12.6. The first-order chi connectivity index (χ1) is 12.9. The summed E-state index contributed by atoms with van der Waals surface area (Å²) in [6.07, 6.45) is 4.18. The first-order valence-corrected chi connectivity index (χ1v) is 8.70. The number of piperidine rings is 1. The summed E-state index contributed by atoms with van der Waals surface area (Å²) in [6.45, 7) is 1.04. The summed E-state index contributed by atoms with van der Waals surface area (Å²) in [5.74, 6) is 1.20. The zero-order valence-corrected chi connectivity index (χ0v) is 15.6. The molecule has 10 nitrogen and oxygen atoms in total. The number of rotatable bonds is 4. The van der Waals surface area contributed by atoms with Crippen LogP contribution < -0.4 is 21.5 Å². The molecule has 0 unspecified atom stereocenters. The molecule has 1 saturated heterocycles. The van der Waals surface area contributed by atoms with Gasteiger partial charge in [0.15, 0.2) is 0 Å². The van der Waals surface area contributed by atoms with Gasteiger partial charge in [-0.3, -0.25) is 14.2 Å². The van der Waals surface area contributed by atoms with E-state index in [1.807, 2.05) is 25.1 Å². The minimum atomic E-state index is -0.582. The standard InChI is InChI=1S/C17H23N7O3/c1-22(2)14-8-13(19-10-20-14)21-11-4-6-24(7-5-11)16(26)12-9-18-17(27)23(3)15(12)25/h8-11H,4-7H2,1-3H3,(H,18,27)(H,19,20,21). The van der Waals surface area contributed by atoms with Crippen molar-refractivity contribution in [2.45, 2.75) is 18.9 Å². The summed E-state index contributed by atoms with van der Waals surface area (Å²) in [5.41, 5.74) is -1.14. The Labute approximate surface area is 155 Å². The van der Waals surface area contributed by atoms with Crippen LogP contribution in [0.4, 0.5) is 11.6 Å². The van der Waals surface area contributed by atoms with Crippen LogP contribution in [0.3, 0.4) is 0 Å². The third-order valence-corrected chi connectivity index (χ3v) is 4.66. The number of anilines is 2. The fourth-order valence-electron chi connectivity index (χ4n) is 3.00. The zero-order chi connectivity index (χ0) is 19.6. The molecule has 0 aromatic carbocycles. The van der Waals surface area contributed by atoms with Gasteiger partial charge in [-0.25, -0.2) is 14.8 Å². The summed E-state index contributed by atoms with van der Waals surface area (Å²) in [6, 6.07) is 2.05. The molecule has 1 aliphatic rings. The first kappa shape index (κ1) is 18.6. The largest absolute Gasteiger partial charge is 0.367 e. The van der Waals surface area contributed by atoms with Gasteiger partial charge in [-0.15, -0.1) is 0 Å². The van der Waals surface area contributed by atoms with Crippen LogP contribution in [0.2, 0.25) is 0 Å². The van der Waals surface area contributed by atoms with Crippen molar-refractivity contribution in [2.75, 3.05) is 37.4 Å². The number of nitrogens with zero attached hydrogens (tertiary/aromatic N) is 5. The second kappa shape index (κ2) is 7.60. The van der Waals surface area contributed by atoms with Crippen LogP contribution in [-0.2, 0) is 7.05 Å². The summed E-state index contributed by atoms with van der Waals surface area (Å²) < 4.78 is 0.902. The highest BCUT2D eigenvalue weighted by Crippen LogP contribution is 2.18. The van der Waals surface area contributed by atoms with Crippen molar-refractivity contribution in [2.24, 2.45) is 7.05 Å². The van der Waals surface area contributed by atoms with Gasteiger partial charge in [0, 0.05) is 52.5 Å². The van der Waals surface area contributed by atoms with E-state index in [1.54, 1.807) is 4.90 Å². The van der Waals surface area contributed by atoms with Crippen molar-refractivity contribution >= 4 is 17.5 Å². The van der Waals surface area contributed by atoms with E-state index >= 15 is 0 Å².